The third-order valence-electron chi connectivity index (χ3n) is 5.82. The quantitative estimate of drug-likeness (QED) is 0.641. The molecule has 1 aliphatic rings. The van der Waals surface area contributed by atoms with Crippen molar-refractivity contribution in [3.05, 3.63) is 71.3 Å². The maximum atomic E-state index is 13.1. The zero-order valence-electron chi connectivity index (χ0n) is 17.7. The van der Waals surface area contributed by atoms with Gasteiger partial charge in [-0.3, -0.25) is 14.9 Å². The number of aryl methyl sites for hydroxylation is 1. The molecule has 0 saturated carbocycles. The lowest BCUT2D eigenvalue weighted by molar-refractivity contribution is 0.101. The monoisotopic (exact) mass is 404 g/mol. The van der Waals surface area contributed by atoms with Gasteiger partial charge in [0.15, 0.2) is 5.69 Å². The van der Waals surface area contributed by atoms with Crippen molar-refractivity contribution in [3.63, 3.8) is 0 Å². The van der Waals surface area contributed by atoms with Gasteiger partial charge in [-0.15, -0.1) is 0 Å². The number of nitrogens with zero attached hydrogens (tertiary/aromatic N) is 2. The molecule has 6 heteroatoms. The number of aromatic amines is 1. The Hall–Kier alpha value is -3.15. The van der Waals surface area contributed by atoms with Gasteiger partial charge in [0.1, 0.15) is 12.4 Å². The number of benzene rings is 1. The fraction of sp³-hybridized carbons (Fsp3) is 0.375. The molecule has 2 aromatic heterocycles. The van der Waals surface area contributed by atoms with Gasteiger partial charge in [0.2, 0.25) is 0 Å². The molecule has 2 heterocycles. The molecular formula is C24H28N4O2. The van der Waals surface area contributed by atoms with Gasteiger partial charge in [-0.05, 0) is 54.9 Å². The summed E-state index contributed by atoms with van der Waals surface area (Å²) in [5.41, 5.74) is 4.27. The molecule has 4 rings (SSSR count). The van der Waals surface area contributed by atoms with Crippen LogP contribution in [0.4, 0.5) is 5.69 Å². The number of rotatable bonds is 5. The molecule has 0 spiro atoms. The number of H-pyrrole nitrogens is 1. The Morgan fingerprint density at radius 1 is 1.20 bits per heavy atom. The average molecular weight is 405 g/mol. The summed E-state index contributed by atoms with van der Waals surface area (Å²) in [6, 6.07) is 13.1. The van der Waals surface area contributed by atoms with Crippen LogP contribution in [0, 0.1) is 11.3 Å². The Kier molecular flexibility index (Phi) is 5.57. The van der Waals surface area contributed by atoms with Crippen molar-refractivity contribution in [3.8, 4) is 5.75 Å². The summed E-state index contributed by atoms with van der Waals surface area (Å²) < 4.78 is 5.91. The normalized spacial score (nSPS) is 16.0. The van der Waals surface area contributed by atoms with Crippen LogP contribution >= 0.6 is 0 Å². The van der Waals surface area contributed by atoms with E-state index < -0.39 is 0 Å². The summed E-state index contributed by atoms with van der Waals surface area (Å²) in [7, 11) is 0. The predicted molar refractivity (Wildman–Crippen MR) is 117 cm³/mol. The minimum Gasteiger partial charge on any atom is -0.485 e. The van der Waals surface area contributed by atoms with Crippen molar-refractivity contribution in [2.75, 3.05) is 5.32 Å². The second-order valence-electron chi connectivity index (χ2n) is 8.90. The Balaban J connectivity index is 1.50. The third kappa shape index (κ3) is 4.37. The van der Waals surface area contributed by atoms with Gasteiger partial charge >= 0.3 is 0 Å². The van der Waals surface area contributed by atoms with Crippen molar-refractivity contribution >= 4 is 11.6 Å². The van der Waals surface area contributed by atoms with Crippen molar-refractivity contribution in [2.45, 2.75) is 46.6 Å². The van der Waals surface area contributed by atoms with Crippen LogP contribution in [0.25, 0.3) is 0 Å². The molecule has 0 aliphatic heterocycles. The van der Waals surface area contributed by atoms with Gasteiger partial charge in [0, 0.05) is 17.5 Å². The number of aromatic nitrogens is 3. The van der Waals surface area contributed by atoms with E-state index in [1.807, 2.05) is 42.5 Å². The molecule has 30 heavy (non-hydrogen) atoms. The first kappa shape index (κ1) is 20.1. The maximum Gasteiger partial charge on any atom is 0.276 e. The Morgan fingerprint density at radius 2 is 2.00 bits per heavy atom. The summed E-state index contributed by atoms with van der Waals surface area (Å²) in [6.45, 7) is 7.12. The number of para-hydroxylation sites is 2. The Labute approximate surface area is 177 Å². The number of amides is 1. The fourth-order valence-electron chi connectivity index (χ4n) is 3.93. The van der Waals surface area contributed by atoms with Crippen LogP contribution < -0.4 is 10.1 Å². The Bertz CT molecular complexity index is 1020. The number of anilines is 1. The molecule has 0 unspecified atom stereocenters. The molecule has 1 aromatic carbocycles. The lowest BCUT2D eigenvalue weighted by Crippen LogP contribution is -2.28. The van der Waals surface area contributed by atoms with Crippen LogP contribution in [0.2, 0.25) is 0 Å². The maximum absolute atomic E-state index is 13.1. The molecule has 156 valence electrons. The van der Waals surface area contributed by atoms with Gasteiger partial charge in [-0.1, -0.05) is 39.0 Å². The van der Waals surface area contributed by atoms with Crippen LogP contribution in [0.1, 0.15) is 54.6 Å². The standard InChI is InChI=1S/C24H28N4O2/c1-24(2,3)16-11-12-19-18(14-16)22(28-27-19)23(29)26-20-9-4-5-10-21(20)30-15-17-8-6-7-13-25-17/h4-10,13,16H,11-12,14-15H2,1-3H3,(H,26,29)(H,27,28)/t16-/m1/s1. The van der Waals surface area contributed by atoms with Crippen molar-refractivity contribution in [2.24, 2.45) is 11.3 Å². The number of nitrogens with one attached hydrogen (secondary N) is 2. The van der Waals surface area contributed by atoms with E-state index in [0.29, 0.717) is 29.7 Å². The lowest BCUT2D eigenvalue weighted by atomic mass is 9.71. The predicted octanol–water partition coefficient (Wildman–Crippen LogP) is 4.79. The van der Waals surface area contributed by atoms with Gasteiger partial charge in [0.25, 0.3) is 5.91 Å². The molecule has 3 aromatic rings. The van der Waals surface area contributed by atoms with E-state index >= 15 is 0 Å². The fourth-order valence-corrected chi connectivity index (χ4v) is 3.93. The molecule has 0 saturated heterocycles. The molecule has 2 N–H and O–H groups in total. The number of pyridine rings is 1. The molecule has 0 radical (unpaired) electrons. The number of carbonyl (C=O) groups is 1. The minimum atomic E-state index is -0.212. The van der Waals surface area contributed by atoms with Gasteiger partial charge in [-0.25, -0.2) is 0 Å². The Morgan fingerprint density at radius 3 is 2.77 bits per heavy atom. The lowest BCUT2D eigenvalue weighted by Gasteiger charge is -2.33. The summed E-state index contributed by atoms with van der Waals surface area (Å²) in [4.78, 5) is 17.3. The molecule has 1 amide bonds. The second-order valence-corrected chi connectivity index (χ2v) is 8.90. The average Bonchev–Trinajstić information content (AvgIpc) is 3.17. The van der Waals surface area contributed by atoms with Crippen LogP contribution in [0.5, 0.6) is 5.75 Å². The highest BCUT2D eigenvalue weighted by Crippen LogP contribution is 2.38. The smallest absolute Gasteiger partial charge is 0.276 e. The minimum absolute atomic E-state index is 0.203. The van der Waals surface area contributed by atoms with E-state index in [4.69, 9.17) is 4.74 Å². The molecule has 1 atom stereocenters. The van der Waals surface area contributed by atoms with E-state index in [1.54, 1.807) is 6.20 Å². The van der Waals surface area contributed by atoms with Crippen LogP contribution in [-0.2, 0) is 19.4 Å². The van der Waals surface area contributed by atoms with Crippen molar-refractivity contribution in [1.82, 2.24) is 15.2 Å². The highest BCUT2D eigenvalue weighted by Gasteiger charge is 2.32. The topological polar surface area (TPSA) is 79.9 Å². The highest BCUT2D eigenvalue weighted by atomic mass is 16.5. The van der Waals surface area contributed by atoms with Crippen LogP contribution in [0.3, 0.4) is 0 Å². The largest absolute Gasteiger partial charge is 0.485 e. The van der Waals surface area contributed by atoms with Crippen LogP contribution in [0.15, 0.2) is 48.7 Å². The first-order valence-corrected chi connectivity index (χ1v) is 10.4. The first-order chi connectivity index (χ1) is 14.4. The summed E-state index contributed by atoms with van der Waals surface area (Å²) in [6.07, 6.45) is 4.65. The number of fused-ring (bicyclic) bond motifs is 1. The number of hydrogen-bond donors (Lipinski definition) is 2. The van der Waals surface area contributed by atoms with E-state index in [-0.39, 0.29) is 11.3 Å². The zero-order valence-corrected chi connectivity index (χ0v) is 17.7. The second kappa shape index (κ2) is 8.30. The summed E-state index contributed by atoms with van der Waals surface area (Å²) in [5.74, 6) is 0.924. The SMILES string of the molecule is CC(C)(C)[C@@H]1CCc2[nH]nc(C(=O)Nc3ccccc3OCc3ccccn3)c2C1. The molecule has 6 nitrogen and oxygen atoms in total. The van der Waals surface area contributed by atoms with Gasteiger partial charge in [-0.2, -0.15) is 5.10 Å². The van der Waals surface area contributed by atoms with Crippen LogP contribution in [-0.4, -0.2) is 21.1 Å². The van der Waals surface area contributed by atoms with E-state index in [2.05, 4.69) is 41.3 Å². The summed E-state index contributed by atoms with van der Waals surface area (Å²) in [5, 5.41) is 10.4. The molecular weight excluding hydrogens is 376 g/mol. The van der Waals surface area contributed by atoms with Crippen molar-refractivity contribution in [1.29, 1.82) is 0 Å². The van der Waals surface area contributed by atoms with E-state index in [0.717, 1.165) is 36.2 Å². The molecule has 0 bridgehead atoms. The third-order valence-corrected chi connectivity index (χ3v) is 5.82. The number of hydrogen-bond acceptors (Lipinski definition) is 4. The van der Waals surface area contributed by atoms with E-state index in [9.17, 15) is 4.79 Å². The van der Waals surface area contributed by atoms with Gasteiger partial charge in [0.05, 0.1) is 11.4 Å². The number of carbonyl (C=O) groups excluding carboxylic acids is 1. The van der Waals surface area contributed by atoms with E-state index in [1.165, 1.54) is 0 Å². The first-order valence-electron chi connectivity index (χ1n) is 10.4. The number of ether oxygens (including phenoxy) is 1. The van der Waals surface area contributed by atoms with Gasteiger partial charge < -0.3 is 10.1 Å². The van der Waals surface area contributed by atoms with Crippen molar-refractivity contribution < 1.29 is 9.53 Å². The highest BCUT2D eigenvalue weighted by molar-refractivity contribution is 6.04. The molecule has 1 aliphatic carbocycles. The summed E-state index contributed by atoms with van der Waals surface area (Å²) >= 11 is 0. The molecule has 0 fully saturated rings. The zero-order chi connectivity index (χ0) is 21.1.